The molecule has 0 aliphatic carbocycles. The first kappa shape index (κ1) is 16.3. The van der Waals surface area contributed by atoms with E-state index in [1.807, 2.05) is 6.92 Å². The minimum atomic E-state index is -0.988. The number of nitrogens with zero attached hydrogens (tertiary/aromatic N) is 2. The number of esters is 1. The van der Waals surface area contributed by atoms with E-state index in [0.717, 1.165) is 0 Å². The second-order valence-electron chi connectivity index (χ2n) is 5.33. The van der Waals surface area contributed by atoms with Crippen LogP contribution in [0.2, 0.25) is 0 Å². The van der Waals surface area contributed by atoms with Gasteiger partial charge < -0.3 is 19.6 Å². The van der Waals surface area contributed by atoms with Crippen LogP contribution in [0.15, 0.2) is 0 Å². The van der Waals surface area contributed by atoms with Gasteiger partial charge in [0.05, 0.1) is 13.0 Å². The molecule has 1 fully saturated rings. The molecule has 1 aliphatic rings. The van der Waals surface area contributed by atoms with E-state index >= 15 is 0 Å². The zero-order valence-electron chi connectivity index (χ0n) is 12.3. The van der Waals surface area contributed by atoms with Gasteiger partial charge in [0.2, 0.25) is 0 Å². The largest absolute Gasteiger partial charge is 0.480 e. The number of amides is 2. The van der Waals surface area contributed by atoms with Gasteiger partial charge in [-0.15, -0.1) is 0 Å². The highest BCUT2D eigenvalue weighted by atomic mass is 16.5. The van der Waals surface area contributed by atoms with Gasteiger partial charge in [0.25, 0.3) is 0 Å². The van der Waals surface area contributed by atoms with Gasteiger partial charge in [-0.2, -0.15) is 0 Å². The number of carbonyl (C=O) groups is 3. The third kappa shape index (κ3) is 3.40. The van der Waals surface area contributed by atoms with Crippen molar-refractivity contribution in [3.63, 3.8) is 0 Å². The van der Waals surface area contributed by atoms with E-state index in [9.17, 15) is 19.5 Å². The van der Waals surface area contributed by atoms with E-state index in [4.69, 9.17) is 0 Å². The molecule has 0 aromatic carbocycles. The topological polar surface area (TPSA) is 87.2 Å². The van der Waals surface area contributed by atoms with E-state index in [-0.39, 0.29) is 18.5 Å². The number of aliphatic carboxylic acids is 1. The lowest BCUT2D eigenvalue weighted by Gasteiger charge is -2.29. The summed E-state index contributed by atoms with van der Waals surface area (Å²) in [5.41, 5.74) is 0. The first-order valence-corrected chi connectivity index (χ1v) is 6.62. The molecule has 114 valence electrons. The van der Waals surface area contributed by atoms with Crippen LogP contribution in [0.1, 0.15) is 20.3 Å². The SMILES string of the molecule is COC(=O)C(C)CN(C)C(=O)N1CCC(C)C1C(=O)O. The maximum atomic E-state index is 12.3. The molecule has 7 heteroatoms. The molecule has 0 aromatic heterocycles. The van der Waals surface area contributed by atoms with Crippen molar-refractivity contribution >= 4 is 18.0 Å². The van der Waals surface area contributed by atoms with Crippen molar-refractivity contribution in [3.05, 3.63) is 0 Å². The lowest BCUT2D eigenvalue weighted by atomic mass is 10.0. The Morgan fingerprint density at radius 3 is 2.55 bits per heavy atom. The second kappa shape index (κ2) is 6.58. The van der Waals surface area contributed by atoms with Crippen molar-refractivity contribution in [3.8, 4) is 0 Å². The molecular weight excluding hydrogens is 264 g/mol. The van der Waals surface area contributed by atoms with Gasteiger partial charge in [-0.25, -0.2) is 9.59 Å². The quantitative estimate of drug-likeness (QED) is 0.766. The molecule has 1 saturated heterocycles. The summed E-state index contributed by atoms with van der Waals surface area (Å²) >= 11 is 0. The van der Waals surface area contributed by atoms with Gasteiger partial charge in [0.15, 0.2) is 0 Å². The van der Waals surface area contributed by atoms with Crippen molar-refractivity contribution in [2.45, 2.75) is 26.3 Å². The lowest BCUT2D eigenvalue weighted by Crippen LogP contribution is -2.49. The molecule has 0 radical (unpaired) electrons. The van der Waals surface area contributed by atoms with Gasteiger partial charge in [0, 0.05) is 20.1 Å². The van der Waals surface area contributed by atoms with Crippen molar-refractivity contribution in [1.82, 2.24) is 9.80 Å². The molecule has 1 heterocycles. The van der Waals surface area contributed by atoms with Crippen LogP contribution in [0, 0.1) is 11.8 Å². The second-order valence-corrected chi connectivity index (χ2v) is 5.33. The van der Waals surface area contributed by atoms with Crippen LogP contribution in [0.4, 0.5) is 4.79 Å². The predicted octanol–water partition coefficient (Wildman–Crippen LogP) is 0.642. The number of rotatable bonds is 4. The van der Waals surface area contributed by atoms with E-state index in [1.165, 1.54) is 16.9 Å². The molecule has 0 spiro atoms. The highest BCUT2D eigenvalue weighted by molar-refractivity contribution is 5.84. The number of carboxylic acid groups (broad SMARTS) is 1. The molecule has 0 saturated carbocycles. The molecule has 7 nitrogen and oxygen atoms in total. The van der Waals surface area contributed by atoms with Gasteiger partial charge in [-0.1, -0.05) is 13.8 Å². The minimum absolute atomic E-state index is 0.0668. The highest BCUT2D eigenvalue weighted by Gasteiger charge is 2.40. The van der Waals surface area contributed by atoms with Crippen LogP contribution in [-0.4, -0.2) is 66.2 Å². The minimum Gasteiger partial charge on any atom is -0.480 e. The summed E-state index contributed by atoms with van der Waals surface area (Å²) in [7, 11) is 2.85. The summed E-state index contributed by atoms with van der Waals surface area (Å²) in [5, 5.41) is 9.21. The molecule has 0 bridgehead atoms. The normalized spacial score (nSPS) is 23.3. The summed E-state index contributed by atoms with van der Waals surface area (Å²) in [4.78, 5) is 37.6. The number of methoxy groups -OCH3 is 1. The Labute approximate surface area is 118 Å². The number of hydrogen-bond donors (Lipinski definition) is 1. The van der Waals surface area contributed by atoms with Gasteiger partial charge >= 0.3 is 18.0 Å². The average Bonchev–Trinajstić information content (AvgIpc) is 2.78. The summed E-state index contributed by atoms with van der Waals surface area (Å²) in [6, 6.07) is -1.16. The average molecular weight is 286 g/mol. The number of carbonyl (C=O) groups excluding carboxylic acids is 2. The maximum Gasteiger partial charge on any atom is 0.326 e. The molecule has 0 aromatic rings. The highest BCUT2D eigenvalue weighted by Crippen LogP contribution is 2.25. The van der Waals surface area contributed by atoms with E-state index in [0.29, 0.717) is 13.0 Å². The van der Waals surface area contributed by atoms with Crippen LogP contribution in [0.3, 0.4) is 0 Å². The third-order valence-corrected chi connectivity index (χ3v) is 3.68. The van der Waals surface area contributed by atoms with Crippen LogP contribution < -0.4 is 0 Å². The van der Waals surface area contributed by atoms with Crippen molar-refractivity contribution in [2.24, 2.45) is 11.8 Å². The summed E-state index contributed by atoms with van der Waals surface area (Å²) in [5.74, 6) is -1.90. The number of hydrogen-bond acceptors (Lipinski definition) is 4. The number of urea groups is 1. The third-order valence-electron chi connectivity index (χ3n) is 3.68. The van der Waals surface area contributed by atoms with Crippen LogP contribution in [-0.2, 0) is 14.3 Å². The maximum absolute atomic E-state index is 12.3. The molecule has 2 amide bonds. The Morgan fingerprint density at radius 2 is 2.05 bits per heavy atom. The van der Waals surface area contributed by atoms with Crippen molar-refractivity contribution in [1.29, 1.82) is 0 Å². The standard InChI is InChI=1S/C13H22N2O5/c1-8-5-6-15(10(8)11(16)17)13(19)14(3)7-9(2)12(18)20-4/h8-10H,5-7H2,1-4H3,(H,16,17). The Hall–Kier alpha value is -1.79. The van der Waals surface area contributed by atoms with E-state index in [1.54, 1.807) is 14.0 Å². The first-order chi connectivity index (χ1) is 9.29. The predicted molar refractivity (Wildman–Crippen MR) is 71.1 cm³/mol. The zero-order valence-corrected chi connectivity index (χ0v) is 12.3. The Kier molecular flexibility index (Phi) is 5.35. The molecule has 3 atom stereocenters. The van der Waals surface area contributed by atoms with Gasteiger partial charge in [-0.05, 0) is 12.3 Å². The van der Waals surface area contributed by atoms with Crippen molar-refractivity contribution < 1.29 is 24.2 Å². The number of ether oxygens (including phenoxy) is 1. The Balaban J connectivity index is 2.69. The summed E-state index contributed by atoms with van der Waals surface area (Å²) in [6.07, 6.45) is 0.670. The lowest BCUT2D eigenvalue weighted by molar-refractivity contribution is -0.145. The number of likely N-dealkylation sites (tertiary alicyclic amines) is 1. The van der Waals surface area contributed by atoms with Gasteiger partial charge in [0.1, 0.15) is 6.04 Å². The molecule has 1 N–H and O–H groups in total. The molecular formula is C13H22N2O5. The summed E-state index contributed by atoms with van der Waals surface area (Å²) in [6.45, 7) is 4.11. The summed E-state index contributed by atoms with van der Waals surface area (Å²) < 4.78 is 4.61. The molecule has 3 unspecified atom stereocenters. The van der Waals surface area contributed by atoms with Crippen LogP contribution in [0.5, 0.6) is 0 Å². The van der Waals surface area contributed by atoms with E-state index < -0.39 is 23.9 Å². The fourth-order valence-electron chi connectivity index (χ4n) is 2.52. The van der Waals surface area contributed by atoms with E-state index in [2.05, 4.69) is 4.74 Å². The Bertz CT molecular complexity index is 398. The Morgan fingerprint density at radius 1 is 1.45 bits per heavy atom. The smallest absolute Gasteiger partial charge is 0.326 e. The van der Waals surface area contributed by atoms with Gasteiger partial charge in [-0.3, -0.25) is 4.79 Å². The monoisotopic (exact) mass is 286 g/mol. The van der Waals surface area contributed by atoms with Crippen LogP contribution >= 0.6 is 0 Å². The first-order valence-electron chi connectivity index (χ1n) is 6.62. The van der Waals surface area contributed by atoms with Crippen molar-refractivity contribution in [2.75, 3.05) is 27.2 Å². The number of carboxylic acids is 1. The fraction of sp³-hybridized carbons (Fsp3) is 0.769. The van der Waals surface area contributed by atoms with Crippen LogP contribution in [0.25, 0.3) is 0 Å². The zero-order chi connectivity index (χ0) is 15.4. The fourth-order valence-corrected chi connectivity index (χ4v) is 2.52. The molecule has 20 heavy (non-hydrogen) atoms. The molecule has 1 aliphatic heterocycles. The molecule has 1 rings (SSSR count).